The van der Waals surface area contributed by atoms with Crippen LogP contribution in [0.2, 0.25) is 0 Å². The summed E-state index contributed by atoms with van der Waals surface area (Å²) in [6.07, 6.45) is 21.1. The van der Waals surface area contributed by atoms with Gasteiger partial charge in [-0.1, -0.05) is 75.8 Å². The summed E-state index contributed by atoms with van der Waals surface area (Å²) in [5.41, 5.74) is 0. The zero-order valence-electron chi connectivity index (χ0n) is 24.3. The van der Waals surface area contributed by atoms with Crippen LogP contribution in [-0.2, 0) is 43.9 Å². The number of hydrogen-bond donors (Lipinski definition) is 2. The summed E-state index contributed by atoms with van der Waals surface area (Å²) in [4.78, 5) is 11.1. The van der Waals surface area contributed by atoms with Crippen molar-refractivity contribution in [2.45, 2.75) is 146 Å². The third-order valence-electron chi connectivity index (χ3n) is 9.41. The summed E-state index contributed by atoms with van der Waals surface area (Å²) in [6.45, 7) is -7.01. The molecule has 4 fully saturated rings. The second kappa shape index (κ2) is 15.8. The highest BCUT2D eigenvalue weighted by Gasteiger charge is 2.46. The molecule has 0 aromatic carbocycles. The van der Waals surface area contributed by atoms with Crippen LogP contribution >= 0.6 is 25.8 Å². The number of allylic oxidation sites excluding steroid dienone is 2. The normalized spacial score (nSPS) is 45.3. The highest BCUT2D eigenvalue weighted by molar-refractivity contribution is 8.44. The molecular formula is C29H50O8P2S2. The SMILES string of the molecule is O=P1(S)OC[C@H]2C[C@@H](OC3CCCCCCC3)C[C@@H]2OP(O)(=S)OC[C@@H]2C[C@@H](O1)C(C1C/C=C\CCCCCC1)O2. The molecule has 0 spiro atoms. The van der Waals surface area contributed by atoms with Crippen LogP contribution in [0.3, 0.4) is 0 Å². The molecule has 5 rings (SSSR count). The van der Waals surface area contributed by atoms with E-state index in [0.29, 0.717) is 19.3 Å². The smallest absolute Gasteiger partial charge is 0.375 e. The van der Waals surface area contributed by atoms with E-state index in [1.165, 1.54) is 51.4 Å². The van der Waals surface area contributed by atoms with Crippen molar-refractivity contribution in [1.82, 2.24) is 0 Å². The molecule has 4 unspecified atom stereocenters. The zero-order valence-corrected chi connectivity index (χ0v) is 27.8. The summed E-state index contributed by atoms with van der Waals surface area (Å²) in [5, 5.41) is 0. The first-order valence-electron chi connectivity index (χ1n) is 16.0. The standard InChI is InChI=1S/C29H50O8P2S2/c30-38(40)32-20-23-17-25(34-24-15-11-7-4-8-12-16-24)18-27(23)36-39(31,41)33-21-26-19-28(37-38)29(35-26)22-13-9-5-2-1-3-6-10-14-22/h5,9,22-29H,1-4,6-8,10-21H2,(H,30,40)(H,31,41)/b9-5-/t22?,23-,25-,26+,27+,28-,29?,38?,39?/m1/s1. The maximum atomic E-state index is 13.6. The van der Waals surface area contributed by atoms with Crippen LogP contribution < -0.4 is 0 Å². The molecule has 2 aliphatic heterocycles. The van der Waals surface area contributed by atoms with E-state index in [9.17, 15) is 9.46 Å². The molecule has 5 aliphatic rings. The molecule has 0 aromatic heterocycles. The lowest BCUT2D eigenvalue weighted by Crippen LogP contribution is -2.32. The predicted octanol–water partition coefficient (Wildman–Crippen LogP) is 8.04. The van der Waals surface area contributed by atoms with Gasteiger partial charge in [0.25, 0.3) is 0 Å². The lowest BCUT2D eigenvalue weighted by atomic mass is 9.88. The highest BCUT2D eigenvalue weighted by atomic mass is 32.7. The molecule has 0 aromatic rings. The molecule has 9 atom stereocenters. The van der Waals surface area contributed by atoms with Gasteiger partial charge in [0.05, 0.1) is 49.8 Å². The molecule has 236 valence electrons. The minimum atomic E-state index is -3.69. The van der Waals surface area contributed by atoms with Gasteiger partial charge in [0.15, 0.2) is 0 Å². The third kappa shape index (κ3) is 10.4. The maximum absolute atomic E-state index is 13.6. The van der Waals surface area contributed by atoms with Crippen LogP contribution in [-0.4, -0.2) is 54.7 Å². The van der Waals surface area contributed by atoms with Gasteiger partial charge in [-0.15, -0.1) is 0 Å². The molecular weight excluding hydrogens is 602 g/mol. The van der Waals surface area contributed by atoms with E-state index in [1.54, 1.807) is 0 Å². The fourth-order valence-corrected chi connectivity index (χ4v) is 10.3. The molecule has 2 saturated carbocycles. The van der Waals surface area contributed by atoms with Crippen molar-refractivity contribution in [3.8, 4) is 0 Å². The summed E-state index contributed by atoms with van der Waals surface area (Å²) < 4.78 is 50.6. The van der Waals surface area contributed by atoms with Crippen molar-refractivity contribution >= 4 is 37.6 Å². The largest absolute Gasteiger partial charge is 0.386 e. The minimum absolute atomic E-state index is 0.0364. The van der Waals surface area contributed by atoms with Crippen LogP contribution in [0.25, 0.3) is 0 Å². The third-order valence-corrected chi connectivity index (χ3v) is 12.6. The van der Waals surface area contributed by atoms with Gasteiger partial charge in [-0.2, -0.15) is 0 Å². The quantitative estimate of drug-likeness (QED) is 0.179. The molecule has 1 N–H and O–H groups in total. The first-order chi connectivity index (χ1) is 19.8. The molecule has 2 saturated heterocycles. The van der Waals surface area contributed by atoms with Crippen molar-refractivity contribution in [2.75, 3.05) is 13.2 Å². The summed E-state index contributed by atoms with van der Waals surface area (Å²) in [6, 6.07) is 0. The Hall–Kier alpha value is 0.690. The molecule has 41 heavy (non-hydrogen) atoms. The molecule has 3 aliphatic carbocycles. The molecule has 8 nitrogen and oxygen atoms in total. The summed E-state index contributed by atoms with van der Waals surface area (Å²) in [7, 11) is 0. The topological polar surface area (TPSA) is 92.7 Å². The lowest BCUT2D eigenvalue weighted by Gasteiger charge is -2.30. The highest BCUT2D eigenvalue weighted by Crippen LogP contribution is 2.58. The molecule has 12 heteroatoms. The van der Waals surface area contributed by atoms with E-state index in [1.807, 2.05) is 0 Å². The van der Waals surface area contributed by atoms with Gasteiger partial charge in [-0.05, 0) is 62.7 Å². The Bertz CT molecular complexity index is 946. The van der Waals surface area contributed by atoms with Gasteiger partial charge in [-0.3, -0.25) is 4.52 Å². The van der Waals surface area contributed by atoms with Gasteiger partial charge in [0, 0.05) is 18.8 Å². The fourth-order valence-electron chi connectivity index (χ4n) is 7.26. The van der Waals surface area contributed by atoms with Crippen LogP contribution in [0.15, 0.2) is 12.2 Å². The van der Waals surface area contributed by atoms with Gasteiger partial charge in [0.2, 0.25) is 0 Å². The van der Waals surface area contributed by atoms with Crippen molar-refractivity contribution in [3.63, 3.8) is 0 Å². The van der Waals surface area contributed by atoms with E-state index < -0.39 is 25.7 Å². The Morgan fingerprint density at radius 1 is 0.780 bits per heavy atom. The predicted molar refractivity (Wildman–Crippen MR) is 167 cm³/mol. The molecule has 2 heterocycles. The van der Waals surface area contributed by atoms with Crippen molar-refractivity contribution in [1.29, 1.82) is 0 Å². The van der Waals surface area contributed by atoms with E-state index in [2.05, 4.69) is 24.4 Å². The number of rotatable bonds is 3. The fraction of sp³-hybridized carbons (Fsp3) is 0.931. The van der Waals surface area contributed by atoms with Crippen molar-refractivity contribution in [2.24, 2.45) is 11.8 Å². The Kier molecular flexibility index (Phi) is 12.7. The number of fused-ring (bicyclic) bond motifs is 3. The Morgan fingerprint density at radius 3 is 2.32 bits per heavy atom. The Balaban J connectivity index is 1.27. The van der Waals surface area contributed by atoms with E-state index >= 15 is 0 Å². The average molecular weight is 653 g/mol. The maximum Gasteiger partial charge on any atom is 0.386 e. The van der Waals surface area contributed by atoms with Gasteiger partial charge >= 0.3 is 13.5 Å². The van der Waals surface area contributed by atoms with E-state index in [0.717, 1.165) is 38.5 Å². The van der Waals surface area contributed by atoms with Crippen LogP contribution in [0.5, 0.6) is 0 Å². The number of ether oxygens (including phenoxy) is 2. The van der Waals surface area contributed by atoms with E-state index in [-0.39, 0.29) is 49.5 Å². The van der Waals surface area contributed by atoms with Crippen LogP contribution in [0.4, 0.5) is 0 Å². The first-order valence-corrected chi connectivity index (χ1v) is 21.3. The molecule has 0 radical (unpaired) electrons. The molecule has 2 bridgehead atoms. The van der Waals surface area contributed by atoms with Crippen LogP contribution in [0.1, 0.15) is 109 Å². The minimum Gasteiger partial charge on any atom is -0.375 e. The van der Waals surface area contributed by atoms with Gasteiger partial charge in [0.1, 0.15) is 0 Å². The van der Waals surface area contributed by atoms with Gasteiger partial charge < -0.3 is 27.9 Å². The second-order valence-corrected chi connectivity index (χ2v) is 18.4. The lowest BCUT2D eigenvalue weighted by molar-refractivity contribution is -0.0405. The van der Waals surface area contributed by atoms with Crippen LogP contribution in [0, 0.1) is 11.8 Å². The summed E-state index contributed by atoms with van der Waals surface area (Å²) >= 11 is 9.87. The van der Waals surface area contributed by atoms with Crippen molar-refractivity contribution < 1.29 is 37.0 Å². The summed E-state index contributed by atoms with van der Waals surface area (Å²) in [5.74, 6) is 0.0588. The zero-order chi connectivity index (χ0) is 28.7. The monoisotopic (exact) mass is 652 g/mol. The van der Waals surface area contributed by atoms with Gasteiger partial charge in [-0.25, -0.2) is 4.57 Å². The number of thiol groups is 1. The number of hydrogen-bond acceptors (Lipinski definition) is 8. The van der Waals surface area contributed by atoms with E-state index in [4.69, 9.17) is 39.4 Å². The van der Waals surface area contributed by atoms with Crippen molar-refractivity contribution in [3.05, 3.63) is 12.2 Å². The average Bonchev–Trinajstić information content (AvgIpc) is 3.48. The first kappa shape index (κ1) is 33.1. The second-order valence-electron chi connectivity index (χ2n) is 12.7. The Labute approximate surface area is 256 Å². The molecule has 0 amide bonds. The Morgan fingerprint density at radius 2 is 1.51 bits per heavy atom.